The van der Waals surface area contributed by atoms with Gasteiger partial charge in [-0.2, -0.15) is 0 Å². The lowest BCUT2D eigenvalue weighted by Gasteiger charge is -2.10. The topological polar surface area (TPSA) is 66.4 Å². The van der Waals surface area contributed by atoms with Crippen molar-refractivity contribution in [2.45, 2.75) is 32.6 Å². The van der Waals surface area contributed by atoms with E-state index in [-0.39, 0.29) is 18.2 Å². The lowest BCUT2D eigenvalue weighted by atomic mass is 10.1. The van der Waals surface area contributed by atoms with Crippen molar-refractivity contribution < 1.29 is 14.7 Å². The second kappa shape index (κ2) is 8.49. The van der Waals surface area contributed by atoms with Gasteiger partial charge in [-0.3, -0.25) is 9.59 Å². The van der Waals surface area contributed by atoms with Gasteiger partial charge in [0.15, 0.2) is 0 Å². The van der Waals surface area contributed by atoms with Gasteiger partial charge in [0.25, 0.3) is 0 Å². The maximum atomic E-state index is 11.6. The molecule has 1 unspecified atom stereocenters. The summed E-state index contributed by atoms with van der Waals surface area (Å²) < 4.78 is 1.32. The van der Waals surface area contributed by atoms with Crippen LogP contribution in [0.15, 0.2) is 6.07 Å². The number of nitrogens with one attached hydrogen (secondary N) is 1. The zero-order valence-electron chi connectivity index (χ0n) is 11.1. The number of hydrogen-bond donors (Lipinski definition) is 2. The van der Waals surface area contributed by atoms with Crippen LogP contribution in [0.1, 0.15) is 31.7 Å². The fraction of sp³-hybridized carbons (Fsp3) is 0.538. The minimum atomic E-state index is -0.851. The van der Waals surface area contributed by atoms with Crippen LogP contribution in [-0.4, -0.2) is 23.5 Å². The summed E-state index contributed by atoms with van der Waals surface area (Å²) in [6.07, 6.45) is 1.85. The van der Waals surface area contributed by atoms with Crippen LogP contribution in [-0.2, 0) is 16.0 Å². The first-order valence-electron chi connectivity index (χ1n) is 6.30. The van der Waals surface area contributed by atoms with Crippen LogP contribution in [0, 0.1) is 5.92 Å². The number of aryl methyl sites for hydroxylation is 1. The predicted octanol–water partition coefficient (Wildman–Crippen LogP) is 3.60. The van der Waals surface area contributed by atoms with Crippen molar-refractivity contribution >= 4 is 46.4 Å². The van der Waals surface area contributed by atoms with Gasteiger partial charge >= 0.3 is 5.97 Å². The van der Waals surface area contributed by atoms with Crippen LogP contribution in [0.2, 0.25) is 8.67 Å². The highest BCUT2D eigenvalue weighted by molar-refractivity contribution is 7.20. The van der Waals surface area contributed by atoms with Crippen molar-refractivity contribution in [3.05, 3.63) is 20.3 Å². The van der Waals surface area contributed by atoms with E-state index in [0.717, 1.165) is 5.56 Å². The van der Waals surface area contributed by atoms with Gasteiger partial charge in [0, 0.05) is 19.4 Å². The molecule has 0 saturated heterocycles. The molecule has 0 aliphatic carbocycles. The zero-order valence-corrected chi connectivity index (χ0v) is 13.4. The number of carboxylic acid groups (broad SMARTS) is 1. The van der Waals surface area contributed by atoms with E-state index < -0.39 is 5.97 Å². The number of thiophene rings is 1. The second-order valence-corrected chi connectivity index (χ2v) is 7.00. The van der Waals surface area contributed by atoms with E-state index in [0.29, 0.717) is 34.5 Å². The normalized spacial score (nSPS) is 12.2. The highest BCUT2D eigenvalue weighted by Gasteiger charge is 2.10. The largest absolute Gasteiger partial charge is 0.481 e. The molecule has 1 heterocycles. The van der Waals surface area contributed by atoms with E-state index in [1.54, 1.807) is 6.92 Å². The Labute approximate surface area is 132 Å². The Morgan fingerprint density at radius 2 is 2.15 bits per heavy atom. The van der Waals surface area contributed by atoms with Gasteiger partial charge in [-0.05, 0) is 30.4 Å². The number of carbonyl (C=O) groups is 2. The molecule has 2 N–H and O–H groups in total. The number of aliphatic carboxylic acids is 1. The molecule has 0 aromatic carbocycles. The van der Waals surface area contributed by atoms with Gasteiger partial charge in [-0.1, -0.05) is 30.1 Å². The summed E-state index contributed by atoms with van der Waals surface area (Å²) in [5.74, 6) is -0.989. The zero-order chi connectivity index (χ0) is 15.1. The standard InChI is InChI=1S/C13H17Cl2NO3S/c1-8(5-12(18)19)7-16-11(17)4-2-3-9-6-10(14)20-13(9)15/h6,8H,2-5,7H2,1H3,(H,16,17)(H,18,19). The van der Waals surface area contributed by atoms with Crippen LogP contribution in [0.25, 0.3) is 0 Å². The maximum absolute atomic E-state index is 11.6. The fourth-order valence-electron chi connectivity index (χ4n) is 1.73. The molecule has 1 rings (SSSR count). The van der Waals surface area contributed by atoms with Crippen molar-refractivity contribution in [2.75, 3.05) is 6.54 Å². The summed E-state index contributed by atoms with van der Waals surface area (Å²) in [5, 5.41) is 11.3. The molecule has 20 heavy (non-hydrogen) atoms. The smallest absolute Gasteiger partial charge is 0.303 e. The van der Waals surface area contributed by atoms with E-state index >= 15 is 0 Å². The highest BCUT2D eigenvalue weighted by Crippen LogP contribution is 2.31. The van der Waals surface area contributed by atoms with Gasteiger partial charge in [0.05, 0.1) is 8.67 Å². The molecule has 1 aromatic heterocycles. The molecule has 1 atom stereocenters. The third-order valence-electron chi connectivity index (χ3n) is 2.75. The molecule has 4 nitrogen and oxygen atoms in total. The number of amides is 1. The second-order valence-electron chi connectivity index (χ2n) is 4.71. The molecule has 1 amide bonds. The molecule has 0 radical (unpaired) electrons. The molecule has 0 bridgehead atoms. The van der Waals surface area contributed by atoms with Crippen molar-refractivity contribution in [1.82, 2.24) is 5.32 Å². The SMILES string of the molecule is CC(CNC(=O)CCCc1cc(Cl)sc1Cl)CC(=O)O. The first kappa shape index (κ1) is 17.3. The van der Waals surface area contributed by atoms with Crippen LogP contribution in [0.5, 0.6) is 0 Å². The average Bonchev–Trinajstić information content (AvgIpc) is 2.64. The summed E-state index contributed by atoms with van der Waals surface area (Å²) in [7, 11) is 0. The maximum Gasteiger partial charge on any atom is 0.303 e. The Kier molecular flexibility index (Phi) is 7.34. The Hall–Kier alpha value is -0.780. The molecule has 7 heteroatoms. The van der Waals surface area contributed by atoms with Crippen LogP contribution >= 0.6 is 34.5 Å². The van der Waals surface area contributed by atoms with E-state index in [1.165, 1.54) is 11.3 Å². The van der Waals surface area contributed by atoms with Gasteiger partial charge in [-0.15, -0.1) is 11.3 Å². The van der Waals surface area contributed by atoms with E-state index in [1.807, 2.05) is 6.07 Å². The van der Waals surface area contributed by atoms with E-state index in [4.69, 9.17) is 28.3 Å². The van der Waals surface area contributed by atoms with Crippen LogP contribution in [0.4, 0.5) is 0 Å². The Morgan fingerprint density at radius 3 is 2.70 bits per heavy atom. The molecular weight excluding hydrogens is 321 g/mol. The lowest BCUT2D eigenvalue weighted by molar-refractivity contribution is -0.138. The number of hydrogen-bond acceptors (Lipinski definition) is 3. The minimum absolute atomic E-state index is 0.0588. The number of rotatable bonds is 8. The monoisotopic (exact) mass is 337 g/mol. The van der Waals surface area contributed by atoms with E-state index in [9.17, 15) is 9.59 Å². The third kappa shape index (κ3) is 6.59. The number of carboxylic acids is 1. The van der Waals surface area contributed by atoms with Crippen LogP contribution in [0.3, 0.4) is 0 Å². The van der Waals surface area contributed by atoms with Crippen molar-refractivity contribution in [3.63, 3.8) is 0 Å². The Balaban J connectivity index is 2.20. The molecule has 0 saturated carbocycles. The first-order valence-corrected chi connectivity index (χ1v) is 7.88. The van der Waals surface area contributed by atoms with E-state index in [2.05, 4.69) is 5.32 Å². The van der Waals surface area contributed by atoms with Crippen LogP contribution < -0.4 is 5.32 Å². The number of carbonyl (C=O) groups excluding carboxylic acids is 1. The van der Waals surface area contributed by atoms with Gasteiger partial charge in [-0.25, -0.2) is 0 Å². The summed E-state index contributed by atoms with van der Waals surface area (Å²) >= 11 is 13.2. The van der Waals surface area contributed by atoms with Gasteiger partial charge in [0.2, 0.25) is 5.91 Å². The highest BCUT2D eigenvalue weighted by atomic mass is 35.5. The molecular formula is C13H17Cl2NO3S. The van der Waals surface area contributed by atoms with Crippen molar-refractivity contribution in [1.29, 1.82) is 0 Å². The molecule has 112 valence electrons. The Morgan fingerprint density at radius 1 is 1.45 bits per heavy atom. The molecule has 0 fully saturated rings. The predicted molar refractivity (Wildman–Crippen MR) is 81.7 cm³/mol. The van der Waals surface area contributed by atoms with Gasteiger partial charge in [0.1, 0.15) is 0 Å². The van der Waals surface area contributed by atoms with Crippen molar-refractivity contribution in [3.8, 4) is 0 Å². The summed E-state index contributed by atoms with van der Waals surface area (Å²) in [4.78, 5) is 22.1. The first-order chi connectivity index (χ1) is 9.38. The number of halogens is 2. The summed E-state index contributed by atoms with van der Waals surface area (Å²) in [5.41, 5.74) is 0.966. The molecule has 0 spiro atoms. The fourth-order valence-corrected chi connectivity index (χ4v) is 3.28. The van der Waals surface area contributed by atoms with Crippen molar-refractivity contribution in [2.24, 2.45) is 5.92 Å². The quantitative estimate of drug-likeness (QED) is 0.761. The molecule has 1 aromatic rings. The summed E-state index contributed by atoms with van der Waals surface area (Å²) in [6, 6.07) is 1.82. The molecule has 0 aliphatic heterocycles. The lowest BCUT2D eigenvalue weighted by Crippen LogP contribution is -2.29. The average molecular weight is 338 g/mol. The van der Waals surface area contributed by atoms with Gasteiger partial charge < -0.3 is 10.4 Å². The third-order valence-corrected chi connectivity index (χ3v) is 4.32. The Bertz CT molecular complexity index is 476. The molecule has 0 aliphatic rings. The minimum Gasteiger partial charge on any atom is -0.481 e. The summed E-state index contributed by atoms with van der Waals surface area (Å²) in [6.45, 7) is 2.18.